The molecule has 0 fully saturated rings. The average molecular weight is 393 g/mol. The quantitative estimate of drug-likeness (QED) is 0.247. The summed E-state index contributed by atoms with van der Waals surface area (Å²) in [5.74, 6) is 0. The first kappa shape index (κ1) is 21.9. The van der Waals surface area contributed by atoms with Crippen molar-refractivity contribution >= 4 is 29.7 Å². The minimum absolute atomic E-state index is 0.432. The molecular weight excluding hydrogens is 367 g/mol. The summed E-state index contributed by atoms with van der Waals surface area (Å²) in [6.45, 7) is 4.59. The Morgan fingerprint density at radius 3 is 1.78 bits per heavy atom. The van der Waals surface area contributed by atoms with Crippen molar-refractivity contribution in [1.82, 2.24) is 0 Å². The van der Waals surface area contributed by atoms with Gasteiger partial charge in [-0.1, -0.05) is 0 Å². The van der Waals surface area contributed by atoms with Crippen molar-refractivity contribution in [2.24, 2.45) is 0 Å². The van der Waals surface area contributed by atoms with E-state index in [9.17, 15) is 9.79 Å². The van der Waals surface area contributed by atoms with E-state index in [0.29, 0.717) is 18.6 Å². The fraction of sp³-hybridized carbons (Fsp3) is 1.00. The molecule has 0 aliphatic carbocycles. The standard InChI is InChI=1S/C8H17.C4H9.Mo.H3O2PS2/c1-3-5-7-8-6-4-2;1-3-4-2;;1-3(2,4)5/h1,3-8H2,2H3;1,3-4H2,2H3;;(H3,1,2,4,5)/q;;+3;/p-3. The molecule has 0 aromatic heterocycles. The minimum Gasteiger partial charge on any atom is -0.850 e. The predicted molar refractivity (Wildman–Crippen MR) is 79.5 cm³/mol. The van der Waals surface area contributed by atoms with Gasteiger partial charge in [-0.25, -0.2) is 0 Å². The number of hydrogen-bond donors (Lipinski definition) is 0. The van der Waals surface area contributed by atoms with Crippen LogP contribution in [0.1, 0.15) is 65.2 Å². The van der Waals surface area contributed by atoms with Gasteiger partial charge in [0.1, 0.15) is 0 Å². The first-order chi connectivity index (χ1) is 8.41. The fourth-order valence-corrected chi connectivity index (χ4v) is 4.05. The van der Waals surface area contributed by atoms with E-state index in [4.69, 9.17) is 0 Å². The molecule has 0 unspecified atom stereocenters. The summed E-state index contributed by atoms with van der Waals surface area (Å²) in [5, 5.41) is 0. The van der Waals surface area contributed by atoms with Gasteiger partial charge in [-0.05, 0) is 0 Å². The van der Waals surface area contributed by atoms with Crippen molar-refractivity contribution in [3.63, 3.8) is 0 Å². The summed E-state index contributed by atoms with van der Waals surface area (Å²) < 4.78 is 0. The van der Waals surface area contributed by atoms with Crippen LogP contribution in [0.4, 0.5) is 0 Å². The first-order valence-electron chi connectivity index (χ1n) is 6.72. The Morgan fingerprint density at radius 1 is 0.889 bits per heavy atom. The summed E-state index contributed by atoms with van der Waals surface area (Å²) in [7, 11) is 0. The molecule has 0 atom stereocenters. The second kappa shape index (κ2) is 16.7. The minimum atomic E-state index is -3.72. The van der Waals surface area contributed by atoms with Gasteiger partial charge in [-0.3, -0.25) is 0 Å². The average Bonchev–Trinajstić information content (AvgIpc) is 2.25. The molecular formula is C12H26MoO2PS2. The Balaban J connectivity index is 0. The molecule has 6 heteroatoms. The molecule has 0 radical (unpaired) electrons. The van der Waals surface area contributed by atoms with Gasteiger partial charge in [0.15, 0.2) is 0 Å². The van der Waals surface area contributed by atoms with E-state index in [1.807, 2.05) is 0 Å². The van der Waals surface area contributed by atoms with Crippen LogP contribution in [0.5, 0.6) is 0 Å². The molecule has 0 saturated carbocycles. The van der Waals surface area contributed by atoms with E-state index < -0.39 is 5.69 Å². The third-order valence-electron chi connectivity index (χ3n) is 2.28. The van der Waals surface area contributed by atoms with Crippen LogP contribution in [-0.2, 0) is 42.6 Å². The van der Waals surface area contributed by atoms with Gasteiger partial charge in [0, 0.05) is 0 Å². The third kappa shape index (κ3) is 36.0. The van der Waals surface area contributed by atoms with E-state index in [1.54, 1.807) is 9.62 Å². The zero-order valence-corrected chi connectivity index (χ0v) is 16.1. The Labute approximate surface area is 132 Å². The van der Waals surface area contributed by atoms with E-state index in [-0.39, 0.29) is 0 Å². The van der Waals surface area contributed by atoms with Gasteiger partial charge in [0.2, 0.25) is 0 Å². The summed E-state index contributed by atoms with van der Waals surface area (Å²) in [4.78, 5) is 21.8. The monoisotopic (exact) mass is 395 g/mol. The molecule has 2 nitrogen and oxygen atoms in total. The zero-order chi connectivity index (χ0) is 14.3. The Hall–Kier alpha value is 1.61. The molecule has 0 amide bonds. The van der Waals surface area contributed by atoms with Crippen LogP contribution in [0.2, 0.25) is 9.62 Å². The number of rotatable bonds is 10. The molecule has 0 spiro atoms. The predicted octanol–water partition coefficient (Wildman–Crippen LogP) is 3.54. The summed E-state index contributed by atoms with van der Waals surface area (Å²) >= 11 is 7.71. The van der Waals surface area contributed by atoms with Crippen LogP contribution < -0.4 is 9.79 Å². The molecule has 0 saturated heterocycles. The molecule has 109 valence electrons. The first-order valence-corrected chi connectivity index (χ1v) is 13.2. The van der Waals surface area contributed by atoms with Gasteiger partial charge in [-0.2, -0.15) is 11.8 Å². The Morgan fingerprint density at radius 2 is 1.28 bits per heavy atom. The van der Waals surface area contributed by atoms with Crippen molar-refractivity contribution in [2.75, 3.05) is 0 Å². The second-order valence-electron chi connectivity index (χ2n) is 4.18. The maximum atomic E-state index is 9.29. The smallest absolute Gasteiger partial charge is 0.160 e. The van der Waals surface area contributed by atoms with Crippen molar-refractivity contribution in [1.29, 1.82) is 0 Å². The maximum absolute atomic E-state index is 9.29. The third-order valence-corrected chi connectivity index (χ3v) is 5.12. The van der Waals surface area contributed by atoms with E-state index in [1.165, 1.54) is 51.4 Å². The molecule has 0 heterocycles. The summed E-state index contributed by atoms with van der Waals surface area (Å²) in [6, 6.07) is 0. The van der Waals surface area contributed by atoms with Crippen LogP contribution in [0.25, 0.3) is 0 Å². The number of unbranched alkanes of at least 4 members (excludes halogenated alkanes) is 6. The van der Waals surface area contributed by atoms with Crippen LogP contribution >= 0.6 is 5.69 Å². The fourth-order valence-electron chi connectivity index (χ4n) is 1.33. The van der Waals surface area contributed by atoms with Crippen molar-refractivity contribution in [3.8, 4) is 0 Å². The van der Waals surface area contributed by atoms with Crippen LogP contribution in [0.3, 0.4) is 0 Å². The molecule has 0 aliphatic rings. The Kier molecular flexibility index (Phi) is 20.3. The molecule has 0 aromatic carbocycles. The van der Waals surface area contributed by atoms with Crippen LogP contribution in [0.15, 0.2) is 0 Å². The van der Waals surface area contributed by atoms with E-state index in [0.717, 1.165) is 0 Å². The van der Waals surface area contributed by atoms with E-state index in [2.05, 4.69) is 37.9 Å². The zero-order valence-electron chi connectivity index (χ0n) is 11.6. The van der Waals surface area contributed by atoms with Crippen molar-refractivity contribution in [2.45, 2.75) is 74.8 Å². The molecule has 0 N–H and O–H groups in total. The molecule has 0 rings (SSSR count). The van der Waals surface area contributed by atoms with Crippen molar-refractivity contribution in [3.05, 3.63) is 0 Å². The van der Waals surface area contributed by atoms with Gasteiger partial charge in [0.25, 0.3) is 0 Å². The molecule has 0 aromatic rings. The molecule has 0 bridgehead atoms. The Bertz CT molecular complexity index is 182. The van der Waals surface area contributed by atoms with E-state index >= 15 is 0 Å². The topological polar surface area (TPSA) is 46.1 Å². The normalized spacial score (nSPS) is 10.5. The van der Waals surface area contributed by atoms with Gasteiger partial charge < -0.3 is 27.7 Å². The summed E-state index contributed by atoms with van der Waals surface area (Å²) in [6.07, 6.45) is 11.8. The van der Waals surface area contributed by atoms with Gasteiger partial charge >= 0.3 is 93.4 Å². The number of hydrogen-bond acceptors (Lipinski definition) is 4. The van der Waals surface area contributed by atoms with Gasteiger partial charge in [0.05, 0.1) is 0 Å². The largest absolute Gasteiger partial charge is 0.850 e. The van der Waals surface area contributed by atoms with Crippen LogP contribution in [0, 0.1) is 0 Å². The maximum Gasteiger partial charge on any atom is -0.160 e. The SMILES string of the molecule is CCCCCCC[CH2][Mo+3][CH2]CCC.[O-]P([O-])(=S)[S-]. The van der Waals surface area contributed by atoms with Crippen LogP contribution in [-0.4, -0.2) is 0 Å². The van der Waals surface area contributed by atoms with Gasteiger partial charge in [-0.15, -0.1) is 0 Å². The molecule has 0 aliphatic heterocycles. The second-order valence-corrected chi connectivity index (χ2v) is 11.7. The summed E-state index contributed by atoms with van der Waals surface area (Å²) in [5.41, 5.74) is -3.72. The van der Waals surface area contributed by atoms with Crippen molar-refractivity contribution < 1.29 is 28.3 Å². The molecule has 18 heavy (non-hydrogen) atoms.